The van der Waals surface area contributed by atoms with Gasteiger partial charge in [-0.3, -0.25) is 4.79 Å². The molecule has 2 heterocycles. The lowest BCUT2D eigenvalue weighted by Crippen LogP contribution is -2.25. The number of ether oxygens (including phenoxy) is 2. The van der Waals surface area contributed by atoms with Crippen molar-refractivity contribution in [1.29, 1.82) is 0 Å². The summed E-state index contributed by atoms with van der Waals surface area (Å²) < 4.78 is 12.9. The number of aryl methyl sites for hydroxylation is 2. The fourth-order valence-corrected chi connectivity index (χ4v) is 4.10. The molecule has 7 nitrogen and oxygen atoms in total. The first-order chi connectivity index (χ1) is 14.3. The predicted octanol–water partition coefficient (Wildman–Crippen LogP) is 3.14. The normalized spacial score (nSPS) is 12.0. The van der Waals surface area contributed by atoms with E-state index >= 15 is 0 Å². The number of carbonyl (C=O) groups is 1. The van der Waals surface area contributed by atoms with E-state index in [1.54, 1.807) is 42.8 Å². The van der Waals surface area contributed by atoms with Crippen LogP contribution in [0.25, 0.3) is 22.1 Å². The molecule has 4 rings (SSSR count). The Balaban J connectivity index is 1.79. The lowest BCUT2D eigenvalue weighted by atomic mass is 10.1. The Morgan fingerprint density at radius 2 is 1.87 bits per heavy atom. The highest BCUT2D eigenvalue weighted by Gasteiger charge is 2.14. The zero-order valence-electron chi connectivity index (χ0n) is 17.3. The van der Waals surface area contributed by atoms with Crippen LogP contribution in [0.4, 0.5) is 4.79 Å². The Kier molecular flexibility index (Phi) is 4.95. The van der Waals surface area contributed by atoms with Gasteiger partial charge in [0.15, 0.2) is 16.5 Å². The van der Waals surface area contributed by atoms with Gasteiger partial charge in [-0.05, 0) is 60.9 Å². The summed E-state index contributed by atoms with van der Waals surface area (Å²) in [5, 5.41) is 0. The number of methoxy groups -OCH3 is 1. The third-order valence-corrected chi connectivity index (χ3v) is 5.87. The van der Waals surface area contributed by atoms with Gasteiger partial charge in [0, 0.05) is 14.1 Å². The highest BCUT2D eigenvalue weighted by Crippen LogP contribution is 2.29. The summed E-state index contributed by atoms with van der Waals surface area (Å²) in [5.41, 5.74) is 4.55. The lowest BCUT2D eigenvalue weighted by Gasteiger charge is -2.13. The number of benzene rings is 2. The van der Waals surface area contributed by atoms with Crippen LogP contribution < -0.4 is 19.6 Å². The Hall–Kier alpha value is -3.39. The van der Waals surface area contributed by atoms with E-state index in [1.165, 1.54) is 23.3 Å². The van der Waals surface area contributed by atoms with Crippen LogP contribution >= 0.6 is 11.3 Å². The van der Waals surface area contributed by atoms with Gasteiger partial charge in [0.25, 0.3) is 5.56 Å². The maximum atomic E-state index is 13.0. The minimum absolute atomic E-state index is 0.108. The molecule has 30 heavy (non-hydrogen) atoms. The summed E-state index contributed by atoms with van der Waals surface area (Å²) in [7, 11) is 4.71. The molecule has 8 heteroatoms. The van der Waals surface area contributed by atoms with E-state index in [0.717, 1.165) is 27.7 Å². The van der Waals surface area contributed by atoms with Gasteiger partial charge >= 0.3 is 6.09 Å². The van der Waals surface area contributed by atoms with Crippen LogP contribution in [0.15, 0.2) is 35.1 Å². The molecule has 154 valence electrons. The van der Waals surface area contributed by atoms with Crippen molar-refractivity contribution >= 4 is 39.5 Å². The van der Waals surface area contributed by atoms with Crippen LogP contribution in [0, 0.1) is 13.8 Å². The van der Waals surface area contributed by atoms with Crippen molar-refractivity contribution in [2.45, 2.75) is 13.8 Å². The molecule has 1 amide bonds. The van der Waals surface area contributed by atoms with E-state index in [2.05, 4.69) is 4.98 Å². The van der Waals surface area contributed by atoms with E-state index in [-0.39, 0.29) is 5.56 Å². The monoisotopic (exact) mass is 423 g/mol. The average molecular weight is 423 g/mol. The highest BCUT2D eigenvalue weighted by atomic mass is 32.1. The predicted molar refractivity (Wildman–Crippen MR) is 118 cm³/mol. The van der Waals surface area contributed by atoms with E-state index < -0.39 is 6.09 Å². The molecular formula is C22H21N3O4S. The molecule has 2 aromatic carbocycles. The van der Waals surface area contributed by atoms with Gasteiger partial charge in [-0.2, -0.15) is 0 Å². The minimum Gasteiger partial charge on any atom is -0.493 e. The third kappa shape index (κ3) is 3.39. The van der Waals surface area contributed by atoms with Crippen molar-refractivity contribution in [3.05, 3.63) is 61.9 Å². The Bertz CT molecular complexity index is 1400. The summed E-state index contributed by atoms with van der Waals surface area (Å²) >= 11 is 1.34. The largest absolute Gasteiger partial charge is 0.493 e. The number of hydrogen-bond acceptors (Lipinski definition) is 6. The summed E-state index contributed by atoms with van der Waals surface area (Å²) in [4.78, 5) is 31.5. The number of hydrogen-bond donors (Lipinski definition) is 0. The van der Waals surface area contributed by atoms with Crippen molar-refractivity contribution in [3.63, 3.8) is 0 Å². The number of amides is 1. The molecule has 0 aliphatic heterocycles. The topological polar surface area (TPSA) is 73.1 Å². The van der Waals surface area contributed by atoms with Crippen LogP contribution in [0.3, 0.4) is 0 Å². The maximum Gasteiger partial charge on any atom is 0.414 e. The molecule has 0 N–H and O–H groups in total. The second kappa shape index (κ2) is 7.46. The standard InChI is InChI=1S/C22H21N3O4S/c1-12-8-15-16(9-13(12)2)25-20(26)19(30-21(25)23-15)11-14-6-7-17(18(10-14)28-5)29-22(27)24(3)4/h6-11H,1-5H3. The van der Waals surface area contributed by atoms with E-state index in [0.29, 0.717) is 21.0 Å². The van der Waals surface area contributed by atoms with Gasteiger partial charge in [-0.1, -0.05) is 17.4 Å². The van der Waals surface area contributed by atoms with Crippen molar-refractivity contribution < 1.29 is 14.3 Å². The van der Waals surface area contributed by atoms with Crippen LogP contribution in [-0.4, -0.2) is 41.6 Å². The van der Waals surface area contributed by atoms with Crippen LogP contribution in [0.1, 0.15) is 16.7 Å². The molecule has 0 unspecified atom stereocenters. The Morgan fingerprint density at radius 3 is 2.57 bits per heavy atom. The molecule has 0 bridgehead atoms. The number of rotatable bonds is 3. The molecule has 0 aliphatic rings. The molecule has 0 saturated heterocycles. The Morgan fingerprint density at radius 1 is 1.13 bits per heavy atom. The van der Waals surface area contributed by atoms with Gasteiger partial charge < -0.3 is 14.4 Å². The molecule has 0 saturated carbocycles. The fourth-order valence-electron chi connectivity index (χ4n) is 3.11. The first-order valence-corrected chi connectivity index (χ1v) is 10.1. The summed E-state index contributed by atoms with van der Waals surface area (Å²) in [6.07, 6.45) is 1.29. The molecular weight excluding hydrogens is 402 g/mol. The fraction of sp³-hybridized carbons (Fsp3) is 0.227. The average Bonchev–Trinajstić information content (AvgIpc) is 3.19. The van der Waals surface area contributed by atoms with Crippen molar-refractivity contribution in [2.75, 3.05) is 21.2 Å². The number of nitrogens with zero attached hydrogens (tertiary/aromatic N) is 3. The molecule has 0 aliphatic carbocycles. The number of thiazole rings is 1. The molecule has 0 radical (unpaired) electrons. The van der Waals surface area contributed by atoms with Gasteiger partial charge in [-0.15, -0.1) is 0 Å². The molecule has 0 fully saturated rings. The van der Waals surface area contributed by atoms with Crippen LogP contribution in [0.5, 0.6) is 11.5 Å². The van der Waals surface area contributed by atoms with Crippen LogP contribution in [0.2, 0.25) is 0 Å². The maximum absolute atomic E-state index is 13.0. The van der Waals surface area contributed by atoms with E-state index in [1.807, 2.05) is 26.0 Å². The molecule has 2 aromatic heterocycles. The van der Waals surface area contributed by atoms with Crippen molar-refractivity contribution in [2.24, 2.45) is 0 Å². The number of fused-ring (bicyclic) bond motifs is 3. The van der Waals surface area contributed by atoms with Gasteiger partial charge in [0.1, 0.15) is 0 Å². The quantitative estimate of drug-likeness (QED) is 0.506. The molecule has 0 atom stereocenters. The zero-order chi connectivity index (χ0) is 21.6. The highest BCUT2D eigenvalue weighted by molar-refractivity contribution is 7.15. The Labute approximate surface area is 176 Å². The third-order valence-electron chi connectivity index (χ3n) is 4.90. The second-order valence-electron chi connectivity index (χ2n) is 7.24. The first kappa shape index (κ1) is 19.9. The summed E-state index contributed by atoms with van der Waals surface area (Å²) in [5.74, 6) is 0.720. The van der Waals surface area contributed by atoms with Crippen LogP contribution in [-0.2, 0) is 0 Å². The molecule has 4 aromatic rings. The van der Waals surface area contributed by atoms with E-state index in [9.17, 15) is 9.59 Å². The van der Waals surface area contributed by atoms with E-state index in [4.69, 9.17) is 9.47 Å². The number of imidazole rings is 1. The summed E-state index contributed by atoms with van der Waals surface area (Å²) in [6, 6.07) is 9.16. The number of aromatic nitrogens is 2. The first-order valence-electron chi connectivity index (χ1n) is 9.29. The lowest BCUT2D eigenvalue weighted by molar-refractivity contribution is 0.170. The minimum atomic E-state index is -0.497. The van der Waals surface area contributed by atoms with Crippen molar-refractivity contribution in [1.82, 2.24) is 14.3 Å². The van der Waals surface area contributed by atoms with Gasteiger partial charge in [0.05, 0.1) is 22.7 Å². The summed E-state index contributed by atoms with van der Waals surface area (Å²) in [6.45, 7) is 4.06. The second-order valence-corrected chi connectivity index (χ2v) is 8.25. The number of carbonyl (C=O) groups excluding carboxylic acids is 1. The zero-order valence-corrected chi connectivity index (χ0v) is 18.2. The smallest absolute Gasteiger partial charge is 0.414 e. The van der Waals surface area contributed by atoms with Gasteiger partial charge in [-0.25, -0.2) is 14.2 Å². The molecule has 0 spiro atoms. The van der Waals surface area contributed by atoms with Gasteiger partial charge in [0.2, 0.25) is 0 Å². The van der Waals surface area contributed by atoms with Crippen molar-refractivity contribution in [3.8, 4) is 11.5 Å². The SMILES string of the molecule is COc1cc(C=c2sc3nc4cc(C)c(C)cc4n3c2=O)ccc1OC(=O)N(C)C.